The Kier molecular flexibility index (Phi) is 6.60. The van der Waals surface area contributed by atoms with Crippen molar-refractivity contribution < 1.29 is 19.4 Å². The number of rotatable bonds is 5. The predicted molar refractivity (Wildman–Crippen MR) is 115 cm³/mol. The molecule has 2 aromatic rings. The van der Waals surface area contributed by atoms with Gasteiger partial charge in [-0.05, 0) is 54.6 Å². The van der Waals surface area contributed by atoms with Gasteiger partial charge in [-0.15, -0.1) is 0 Å². The number of aromatic hydroxyl groups is 1. The first-order valence-electron chi connectivity index (χ1n) is 8.14. The molecule has 0 unspecified atom stereocenters. The highest BCUT2D eigenvalue weighted by atomic mass is 79.9. The highest BCUT2D eigenvalue weighted by Crippen LogP contribution is 2.39. The number of ether oxygens (including phenoxy) is 1. The van der Waals surface area contributed by atoms with Crippen molar-refractivity contribution in [3.8, 4) is 11.5 Å². The number of benzene rings is 2. The molecule has 3 rings (SSSR count). The maximum absolute atomic E-state index is 12.7. The highest BCUT2D eigenvalue weighted by molar-refractivity contribution is 9.10. The molecule has 2 aromatic carbocycles. The van der Waals surface area contributed by atoms with Gasteiger partial charge in [-0.3, -0.25) is 14.5 Å². The van der Waals surface area contributed by atoms with Crippen LogP contribution in [-0.4, -0.2) is 27.8 Å². The first-order chi connectivity index (χ1) is 13.3. The van der Waals surface area contributed by atoms with Crippen LogP contribution in [0.15, 0.2) is 39.7 Å². The van der Waals surface area contributed by atoms with Crippen LogP contribution in [0.3, 0.4) is 0 Å². The number of nitrogens with zero attached hydrogens (tertiary/aromatic N) is 1. The van der Waals surface area contributed by atoms with Crippen LogP contribution >= 0.6 is 50.9 Å². The minimum atomic E-state index is -0.460. The van der Waals surface area contributed by atoms with Crippen LogP contribution in [0.5, 0.6) is 11.5 Å². The van der Waals surface area contributed by atoms with Crippen molar-refractivity contribution >= 4 is 68.1 Å². The van der Waals surface area contributed by atoms with E-state index in [9.17, 15) is 14.7 Å². The molecule has 0 aromatic heterocycles. The van der Waals surface area contributed by atoms with E-state index in [1.807, 2.05) is 0 Å². The molecular formula is C19H14BrCl2NO4S. The highest BCUT2D eigenvalue weighted by Gasteiger charge is 2.35. The first kappa shape index (κ1) is 21.0. The molecule has 1 aliphatic rings. The Labute approximate surface area is 184 Å². The van der Waals surface area contributed by atoms with Gasteiger partial charge in [-0.2, -0.15) is 0 Å². The molecule has 9 heteroatoms. The van der Waals surface area contributed by atoms with E-state index in [1.165, 1.54) is 6.08 Å². The second-order valence-electron chi connectivity index (χ2n) is 5.78. The van der Waals surface area contributed by atoms with Gasteiger partial charge in [0.15, 0.2) is 11.5 Å². The number of hydrogen-bond acceptors (Lipinski definition) is 5. The summed E-state index contributed by atoms with van der Waals surface area (Å²) in [7, 11) is 0. The van der Waals surface area contributed by atoms with Gasteiger partial charge >= 0.3 is 0 Å². The molecule has 0 spiro atoms. The zero-order valence-electron chi connectivity index (χ0n) is 14.5. The van der Waals surface area contributed by atoms with Crippen molar-refractivity contribution in [2.45, 2.75) is 13.5 Å². The molecule has 2 amide bonds. The minimum Gasteiger partial charge on any atom is -0.504 e. The summed E-state index contributed by atoms with van der Waals surface area (Å²) in [6.45, 7) is 2.21. The monoisotopic (exact) mass is 501 g/mol. The summed E-state index contributed by atoms with van der Waals surface area (Å²) >= 11 is 16.2. The standard InChI is InChI=1S/C19H14BrCl2NO4S/c1-2-27-15-7-12(20)5-11(17(15)24)6-16-18(25)23(19(26)28-16)9-10-3-4-13(21)8-14(10)22/h3-8,24H,2,9H2,1H3/b16-6-. The Morgan fingerprint density at radius 2 is 2.00 bits per heavy atom. The molecule has 1 saturated heterocycles. The Morgan fingerprint density at radius 1 is 1.25 bits per heavy atom. The van der Waals surface area contributed by atoms with E-state index in [0.717, 1.165) is 16.7 Å². The maximum atomic E-state index is 12.7. The topological polar surface area (TPSA) is 66.8 Å². The Bertz CT molecular complexity index is 996. The molecule has 28 heavy (non-hydrogen) atoms. The van der Waals surface area contributed by atoms with Gasteiger partial charge in [0, 0.05) is 20.1 Å². The fraction of sp³-hybridized carbons (Fsp3) is 0.158. The molecule has 1 N–H and O–H groups in total. The van der Waals surface area contributed by atoms with Gasteiger partial charge in [0.05, 0.1) is 18.1 Å². The fourth-order valence-corrected chi connectivity index (χ4v) is 4.32. The zero-order chi connectivity index (χ0) is 20.4. The molecule has 1 heterocycles. The van der Waals surface area contributed by atoms with Crippen molar-refractivity contribution in [3.63, 3.8) is 0 Å². The Morgan fingerprint density at radius 3 is 2.68 bits per heavy atom. The van der Waals surface area contributed by atoms with Crippen molar-refractivity contribution in [1.82, 2.24) is 4.90 Å². The molecule has 0 aliphatic carbocycles. The van der Waals surface area contributed by atoms with E-state index in [2.05, 4.69) is 15.9 Å². The number of carbonyl (C=O) groups is 2. The average molecular weight is 503 g/mol. The molecule has 0 bridgehead atoms. The number of amides is 2. The normalized spacial score (nSPS) is 15.6. The lowest BCUT2D eigenvalue weighted by molar-refractivity contribution is -0.123. The van der Waals surface area contributed by atoms with Gasteiger partial charge in [0.25, 0.3) is 11.1 Å². The second kappa shape index (κ2) is 8.78. The second-order valence-corrected chi connectivity index (χ2v) is 8.53. The summed E-state index contributed by atoms with van der Waals surface area (Å²) in [5.74, 6) is -0.272. The Hall–Kier alpha value is -1.67. The molecule has 0 atom stereocenters. The Balaban J connectivity index is 1.89. The number of phenols is 1. The van der Waals surface area contributed by atoms with Crippen molar-refractivity contribution in [2.24, 2.45) is 0 Å². The summed E-state index contributed by atoms with van der Waals surface area (Å²) in [5, 5.41) is 10.8. The molecular weight excluding hydrogens is 489 g/mol. The van der Waals surface area contributed by atoms with Crippen LogP contribution in [-0.2, 0) is 11.3 Å². The number of halogens is 3. The lowest BCUT2D eigenvalue weighted by atomic mass is 10.1. The smallest absolute Gasteiger partial charge is 0.293 e. The molecule has 1 fully saturated rings. The van der Waals surface area contributed by atoms with Crippen LogP contribution in [0.1, 0.15) is 18.1 Å². The molecule has 146 valence electrons. The van der Waals surface area contributed by atoms with Gasteiger partial charge in [0.2, 0.25) is 0 Å². The SMILES string of the molecule is CCOc1cc(Br)cc(/C=C2\SC(=O)N(Cc3ccc(Cl)cc3Cl)C2=O)c1O. The number of hydrogen-bond donors (Lipinski definition) is 1. The van der Waals surface area contributed by atoms with E-state index < -0.39 is 11.1 Å². The summed E-state index contributed by atoms with van der Waals surface area (Å²) in [5.41, 5.74) is 0.978. The van der Waals surface area contributed by atoms with E-state index in [4.69, 9.17) is 27.9 Å². The van der Waals surface area contributed by atoms with E-state index in [0.29, 0.717) is 32.3 Å². The average Bonchev–Trinajstić information content (AvgIpc) is 2.88. The molecule has 5 nitrogen and oxygen atoms in total. The summed E-state index contributed by atoms with van der Waals surface area (Å²) in [6, 6.07) is 8.15. The zero-order valence-corrected chi connectivity index (χ0v) is 18.5. The van der Waals surface area contributed by atoms with Crippen LogP contribution in [0.2, 0.25) is 10.0 Å². The lowest BCUT2D eigenvalue weighted by Gasteiger charge is -2.13. The third-order valence-electron chi connectivity index (χ3n) is 3.87. The van der Waals surface area contributed by atoms with E-state index >= 15 is 0 Å². The van der Waals surface area contributed by atoms with Crippen molar-refractivity contribution in [2.75, 3.05) is 6.61 Å². The van der Waals surface area contributed by atoms with Gasteiger partial charge in [-0.25, -0.2) is 0 Å². The number of carbonyl (C=O) groups excluding carboxylic acids is 2. The number of imide groups is 1. The minimum absolute atomic E-state index is 0.0344. The van der Waals surface area contributed by atoms with Gasteiger partial charge in [0.1, 0.15) is 0 Å². The van der Waals surface area contributed by atoms with Crippen molar-refractivity contribution in [3.05, 3.63) is 60.9 Å². The molecule has 0 saturated carbocycles. The third-order valence-corrected chi connectivity index (χ3v) is 5.82. The number of thioether (sulfide) groups is 1. The first-order valence-corrected chi connectivity index (χ1v) is 10.5. The largest absolute Gasteiger partial charge is 0.504 e. The lowest BCUT2D eigenvalue weighted by Crippen LogP contribution is -2.27. The fourth-order valence-electron chi connectivity index (χ4n) is 2.57. The predicted octanol–water partition coefficient (Wildman–Crippen LogP) is 6.10. The van der Waals surface area contributed by atoms with Gasteiger partial charge in [-0.1, -0.05) is 45.2 Å². The van der Waals surface area contributed by atoms with E-state index in [-0.39, 0.29) is 22.9 Å². The molecule has 0 radical (unpaired) electrons. The third kappa shape index (κ3) is 4.49. The maximum Gasteiger partial charge on any atom is 0.293 e. The summed E-state index contributed by atoms with van der Waals surface area (Å²) < 4.78 is 6.06. The molecule has 1 aliphatic heterocycles. The van der Waals surface area contributed by atoms with Crippen LogP contribution in [0.4, 0.5) is 4.79 Å². The van der Waals surface area contributed by atoms with Crippen LogP contribution in [0, 0.1) is 0 Å². The van der Waals surface area contributed by atoms with Crippen LogP contribution < -0.4 is 4.74 Å². The quantitative estimate of drug-likeness (QED) is 0.500. The van der Waals surface area contributed by atoms with Crippen molar-refractivity contribution in [1.29, 1.82) is 0 Å². The number of phenolic OH excluding ortho intramolecular Hbond substituents is 1. The van der Waals surface area contributed by atoms with Gasteiger partial charge < -0.3 is 9.84 Å². The van der Waals surface area contributed by atoms with Crippen LogP contribution in [0.25, 0.3) is 6.08 Å². The summed E-state index contributed by atoms with van der Waals surface area (Å²) in [4.78, 5) is 26.4. The van der Waals surface area contributed by atoms with E-state index in [1.54, 1.807) is 37.3 Å². The summed E-state index contributed by atoms with van der Waals surface area (Å²) in [6.07, 6.45) is 1.47.